The van der Waals surface area contributed by atoms with Crippen LogP contribution in [0.25, 0.3) is 0 Å². The van der Waals surface area contributed by atoms with E-state index in [0.717, 1.165) is 25.4 Å². The van der Waals surface area contributed by atoms with Gasteiger partial charge in [0, 0.05) is 18.4 Å². The molecule has 4 heterocycles. The third kappa shape index (κ3) is 4.56. The van der Waals surface area contributed by atoms with E-state index in [0.29, 0.717) is 6.04 Å². The Morgan fingerprint density at radius 3 is 2.63 bits per heavy atom. The van der Waals surface area contributed by atoms with Crippen LogP contribution in [0.2, 0.25) is 0 Å². The van der Waals surface area contributed by atoms with Gasteiger partial charge >= 0.3 is 0 Å². The lowest BCUT2D eigenvalue weighted by Crippen LogP contribution is -2.31. The summed E-state index contributed by atoms with van der Waals surface area (Å²) in [5.41, 5.74) is 5.03. The lowest BCUT2D eigenvalue weighted by molar-refractivity contribution is 0.217. The van der Waals surface area contributed by atoms with Crippen LogP contribution in [-0.4, -0.2) is 46.4 Å². The highest BCUT2D eigenvalue weighted by Gasteiger charge is 2.28. The normalized spacial score (nSPS) is 22.4. The summed E-state index contributed by atoms with van der Waals surface area (Å²) in [6.45, 7) is 6.70. The van der Waals surface area contributed by atoms with Gasteiger partial charge in [0.05, 0.1) is 17.4 Å². The Morgan fingerprint density at radius 1 is 1.00 bits per heavy atom. The minimum absolute atomic E-state index is 0.436. The van der Waals surface area contributed by atoms with Gasteiger partial charge in [0.1, 0.15) is 0 Å². The molecule has 2 aromatic rings. The third-order valence-electron chi connectivity index (χ3n) is 6.29. The van der Waals surface area contributed by atoms with Gasteiger partial charge in [0.25, 0.3) is 0 Å². The van der Waals surface area contributed by atoms with Gasteiger partial charge in [-0.1, -0.05) is 12.1 Å². The summed E-state index contributed by atoms with van der Waals surface area (Å²) in [5, 5.41) is 0. The average molecular weight is 365 g/mol. The number of aryl methyl sites for hydroxylation is 1. The largest absolute Gasteiger partial charge is 0.306 e. The second-order valence-corrected chi connectivity index (χ2v) is 8.41. The van der Waals surface area contributed by atoms with Crippen LogP contribution in [0.15, 0.2) is 36.5 Å². The average Bonchev–Trinajstić information content (AvgIpc) is 3.12. The lowest BCUT2D eigenvalue weighted by Gasteiger charge is -2.29. The van der Waals surface area contributed by atoms with Crippen LogP contribution in [0.3, 0.4) is 0 Å². The topological polar surface area (TPSA) is 32.3 Å². The van der Waals surface area contributed by atoms with Crippen molar-refractivity contribution in [3.63, 3.8) is 0 Å². The van der Waals surface area contributed by atoms with Crippen LogP contribution in [0, 0.1) is 12.8 Å². The van der Waals surface area contributed by atoms with Crippen LogP contribution in [0.1, 0.15) is 54.4 Å². The molecule has 2 aliphatic heterocycles. The molecule has 0 bridgehead atoms. The Labute approximate surface area is 163 Å². The Hall–Kier alpha value is -1.78. The molecule has 0 spiro atoms. The van der Waals surface area contributed by atoms with Crippen LogP contribution < -0.4 is 0 Å². The highest BCUT2D eigenvalue weighted by atomic mass is 15.2. The van der Waals surface area contributed by atoms with E-state index in [1.165, 1.54) is 61.4 Å². The van der Waals surface area contributed by atoms with Crippen LogP contribution in [-0.2, 0) is 13.0 Å². The Morgan fingerprint density at radius 2 is 1.81 bits per heavy atom. The predicted molar refractivity (Wildman–Crippen MR) is 110 cm³/mol. The van der Waals surface area contributed by atoms with Crippen molar-refractivity contribution in [1.82, 2.24) is 19.8 Å². The van der Waals surface area contributed by atoms with E-state index in [4.69, 9.17) is 4.98 Å². The fourth-order valence-corrected chi connectivity index (χ4v) is 4.67. The van der Waals surface area contributed by atoms with Gasteiger partial charge in [-0.25, -0.2) is 0 Å². The predicted octanol–water partition coefficient (Wildman–Crippen LogP) is 4.01. The zero-order valence-corrected chi connectivity index (χ0v) is 16.8. The standard InChI is InChI=1S/C23H32N4/c1-18-6-4-12-24-23(18)22-9-5-13-27(22)17-21-8-3-7-20(25-21)16-19-10-14-26(2)15-11-19/h3-4,6-8,12,19,22H,5,9-11,13-17H2,1-2H3. The first-order valence-electron chi connectivity index (χ1n) is 10.5. The van der Waals surface area contributed by atoms with E-state index in [9.17, 15) is 0 Å². The first-order chi connectivity index (χ1) is 13.2. The van der Waals surface area contributed by atoms with Crippen molar-refractivity contribution in [2.75, 3.05) is 26.7 Å². The van der Waals surface area contributed by atoms with E-state index >= 15 is 0 Å². The molecular weight excluding hydrogens is 332 g/mol. The number of nitrogens with zero attached hydrogens (tertiary/aromatic N) is 4. The number of aromatic nitrogens is 2. The van der Waals surface area contributed by atoms with Crippen molar-refractivity contribution in [2.45, 2.75) is 51.6 Å². The van der Waals surface area contributed by atoms with Gasteiger partial charge in [0.15, 0.2) is 0 Å². The van der Waals surface area contributed by atoms with Gasteiger partial charge < -0.3 is 4.90 Å². The van der Waals surface area contributed by atoms with Gasteiger partial charge in [-0.2, -0.15) is 0 Å². The summed E-state index contributed by atoms with van der Waals surface area (Å²) >= 11 is 0. The van der Waals surface area contributed by atoms with Gasteiger partial charge in [-0.05, 0) is 95.4 Å². The summed E-state index contributed by atoms with van der Waals surface area (Å²) in [7, 11) is 2.23. The molecule has 0 N–H and O–H groups in total. The summed E-state index contributed by atoms with van der Waals surface area (Å²) < 4.78 is 0. The molecule has 1 unspecified atom stereocenters. The van der Waals surface area contributed by atoms with Crippen molar-refractivity contribution in [3.8, 4) is 0 Å². The minimum atomic E-state index is 0.436. The first-order valence-corrected chi connectivity index (χ1v) is 10.5. The van der Waals surface area contributed by atoms with Gasteiger partial charge in [-0.3, -0.25) is 14.9 Å². The second-order valence-electron chi connectivity index (χ2n) is 8.41. The second kappa shape index (κ2) is 8.49. The van der Waals surface area contributed by atoms with Crippen LogP contribution in [0.4, 0.5) is 0 Å². The molecule has 0 saturated carbocycles. The van der Waals surface area contributed by atoms with E-state index in [1.54, 1.807) is 0 Å². The van der Waals surface area contributed by atoms with Gasteiger partial charge in [0.2, 0.25) is 0 Å². The van der Waals surface area contributed by atoms with Crippen molar-refractivity contribution < 1.29 is 0 Å². The van der Waals surface area contributed by atoms with Crippen molar-refractivity contribution in [1.29, 1.82) is 0 Å². The maximum absolute atomic E-state index is 5.02. The maximum atomic E-state index is 5.02. The molecule has 2 aromatic heterocycles. The van der Waals surface area contributed by atoms with Crippen molar-refractivity contribution >= 4 is 0 Å². The summed E-state index contributed by atoms with van der Waals surface area (Å²) in [6.07, 6.45) is 8.11. The third-order valence-corrected chi connectivity index (χ3v) is 6.29. The van der Waals surface area contributed by atoms with E-state index in [2.05, 4.69) is 53.0 Å². The molecule has 144 valence electrons. The molecule has 2 aliphatic rings. The summed E-state index contributed by atoms with van der Waals surface area (Å²) in [4.78, 5) is 14.7. The fourth-order valence-electron chi connectivity index (χ4n) is 4.67. The minimum Gasteiger partial charge on any atom is -0.306 e. The quantitative estimate of drug-likeness (QED) is 0.802. The number of hydrogen-bond donors (Lipinski definition) is 0. The Balaban J connectivity index is 1.42. The Kier molecular flexibility index (Phi) is 5.84. The van der Waals surface area contributed by atoms with Gasteiger partial charge in [-0.15, -0.1) is 0 Å². The van der Waals surface area contributed by atoms with Crippen LogP contribution >= 0.6 is 0 Å². The van der Waals surface area contributed by atoms with E-state index in [-0.39, 0.29) is 0 Å². The van der Waals surface area contributed by atoms with Crippen molar-refractivity contribution in [3.05, 3.63) is 59.2 Å². The highest BCUT2D eigenvalue weighted by Crippen LogP contribution is 2.33. The zero-order chi connectivity index (χ0) is 18.6. The molecular formula is C23H32N4. The molecule has 1 atom stereocenters. The molecule has 4 heteroatoms. The number of pyridine rings is 2. The Bertz CT molecular complexity index is 752. The van der Waals surface area contributed by atoms with Crippen molar-refractivity contribution in [2.24, 2.45) is 5.92 Å². The monoisotopic (exact) mass is 364 g/mol. The first kappa shape index (κ1) is 18.6. The molecule has 0 aliphatic carbocycles. The van der Waals surface area contributed by atoms with E-state index in [1.807, 2.05) is 12.3 Å². The summed E-state index contributed by atoms with van der Waals surface area (Å²) in [6, 6.07) is 11.3. The number of rotatable bonds is 5. The molecule has 4 rings (SSSR count). The highest BCUT2D eigenvalue weighted by molar-refractivity contribution is 5.22. The smallest absolute Gasteiger partial charge is 0.0604 e. The van der Waals surface area contributed by atoms with E-state index < -0.39 is 0 Å². The SMILES string of the molecule is Cc1cccnc1C1CCCN1Cc1cccc(CC2CCN(C)CC2)n1. The maximum Gasteiger partial charge on any atom is 0.0604 e. The molecule has 2 saturated heterocycles. The fraction of sp³-hybridized carbons (Fsp3) is 0.565. The number of likely N-dealkylation sites (tertiary alicyclic amines) is 2. The van der Waals surface area contributed by atoms with Crippen LogP contribution in [0.5, 0.6) is 0 Å². The molecule has 0 radical (unpaired) electrons. The number of piperidine rings is 1. The molecule has 27 heavy (non-hydrogen) atoms. The molecule has 0 aromatic carbocycles. The number of hydrogen-bond acceptors (Lipinski definition) is 4. The summed E-state index contributed by atoms with van der Waals surface area (Å²) in [5.74, 6) is 0.791. The lowest BCUT2D eigenvalue weighted by atomic mass is 9.92. The molecule has 4 nitrogen and oxygen atoms in total. The molecule has 0 amide bonds. The zero-order valence-electron chi connectivity index (χ0n) is 16.8. The molecule has 2 fully saturated rings.